The Morgan fingerprint density at radius 1 is 1.27 bits per heavy atom. The van der Waals surface area contributed by atoms with E-state index in [9.17, 15) is 4.79 Å². The Bertz CT molecular complexity index is 139. The summed E-state index contributed by atoms with van der Waals surface area (Å²) in [6, 6.07) is 0. The van der Waals surface area contributed by atoms with E-state index in [4.69, 9.17) is 5.11 Å². The topological polar surface area (TPSA) is 37.3 Å². The molecule has 0 bridgehead atoms. The van der Waals surface area contributed by atoms with Gasteiger partial charge in [0.2, 0.25) is 0 Å². The molecule has 0 aromatic heterocycles. The molecular weight excluding hydrogens is 167 g/mol. The van der Waals surface area contributed by atoms with E-state index in [1.54, 1.807) is 0 Å². The summed E-state index contributed by atoms with van der Waals surface area (Å²) in [6.07, 6.45) is 5.11. The number of carboxylic acid groups (broad SMARTS) is 1. The Hall–Kier alpha value is 1.11. The molecule has 1 radical (unpaired) electrons. The smallest absolute Gasteiger partial charge is 0.309 e. The van der Waals surface area contributed by atoms with Crippen molar-refractivity contribution in [2.45, 2.75) is 39.0 Å². The molecule has 59 valence electrons. The Morgan fingerprint density at radius 2 is 1.73 bits per heavy atom. The molecule has 1 rings (SSSR count). The van der Waals surface area contributed by atoms with Gasteiger partial charge in [-0.1, -0.05) is 19.3 Å². The van der Waals surface area contributed by atoms with E-state index in [0.717, 1.165) is 25.7 Å². The van der Waals surface area contributed by atoms with Gasteiger partial charge in [0.15, 0.2) is 0 Å². The van der Waals surface area contributed by atoms with Crippen LogP contribution in [-0.2, 0) is 4.79 Å². The fourth-order valence-electron chi connectivity index (χ4n) is 1.55. The van der Waals surface area contributed by atoms with Crippen LogP contribution in [0.15, 0.2) is 0 Å². The second-order valence-electron chi connectivity index (χ2n) is 3.43. The Labute approximate surface area is 110 Å². The molecule has 3 heteroatoms. The normalized spacial score (nSPS) is 21.9. The van der Waals surface area contributed by atoms with Crippen LogP contribution in [0, 0.1) is 5.41 Å². The number of rotatable bonds is 1. The second-order valence-corrected chi connectivity index (χ2v) is 3.43. The average molecular weight is 181 g/mol. The number of aliphatic carboxylic acids is 1. The summed E-state index contributed by atoms with van der Waals surface area (Å²) in [7, 11) is 0. The van der Waals surface area contributed by atoms with Gasteiger partial charge in [-0.05, 0) is 19.8 Å². The molecule has 1 saturated carbocycles. The van der Waals surface area contributed by atoms with Crippen molar-refractivity contribution in [3.63, 3.8) is 0 Å². The molecular formula is C8H14KO2. The molecule has 0 amide bonds. The number of hydrogen-bond acceptors (Lipinski definition) is 1. The largest absolute Gasteiger partial charge is 0.481 e. The quantitative estimate of drug-likeness (QED) is 0.625. The molecule has 1 aliphatic rings. The molecule has 11 heavy (non-hydrogen) atoms. The van der Waals surface area contributed by atoms with Crippen LogP contribution in [0.3, 0.4) is 0 Å². The maximum absolute atomic E-state index is 10.7. The Morgan fingerprint density at radius 3 is 2.00 bits per heavy atom. The van der Waals surface area contributed by atoms with Gasteiger partial charge < -0.3 is 5.11 Å². The molecule has 0 aromatic rings. The van der Waals surface area contributed by atoms with Crippen LogP contribution < -0.4 is 0 Å². The minimum Gasteiger partial charge on any atom is -0.481 e. The van der Waals surface area contributed by atoms with Gasteiger partial charge >= 0.3 is 5.97 Å². The van der Waals surface area contributed by atoms with Gasteiger partial charge in [-0.3, -0.25) is 4.79 Å². The maximum atomic E-state index is 10.7. The summed E-state index contributed by atoms with van der Waals surface area (Å²) in [5, 5.41) is 8.80. The maximum Gasteiger partial charge on any atom is 0.309 e. The molecule has 0 aliphatic heterocycles. The van der Waals surface area contributed by atoms with E-state index >= 15 is 0 Å². The first-order valence-electron chi connectivity index (χ1n) is 3.88. The van der Waals surface area contributed by atoms with E-state index in [-0.39, 0.29) is 51.4 Å². The van der Waals surface area contributed by atoms with Crippen LogP contribution in [0.2, 0.25) is 0 Å². The monoisotopic (exact) mass is 181 g/mol. The zero-order valence-corrected chi connectivity index (χ0v) is 10.5. The number of hydrogen-bond donors (Lipinski definition) is 1. The SMILES string of the molecule is CC1(C(=O)O)CCCCC1.[K]. The van der Waals surface area contributed by atoms with Crippen molar-refractivity contribution in [1.29, 1.82) is 0 Å². The van der Waals surface area contributed by atoms with Crippen LogP contribution in [0.4, 0.5) is 0 Å². The van der Waals surface area contributed by atoms with Crippen LogP contribution in [0.25, 0.3) is 0 Å². The van der Waals surface area contributed by atoms with Gasteiger partial charge in [-0.2, -0.15) is 0 Å². The van der Waals surface area contributed by atoms with Gasteiger partial charge in [0.1, 0.15) is 0 Å². The molecule has 0 atom stereocenters. The zero-order chi connectivity index (χ0) is 7.61. The van der Waals surface area contributed by atoms with Crippen molar-refractivity contribution in [3.05, 3.63) is 0 Å². The van der Waals surface area contributed by atoms with E-state index in [1.807, 2.05) is 6.92 Å². The average Bonchev–Trinajstić information content (AvgIpc) is 1.89. The van der Waals surface area contributed by atoms with E-state index in [2.05, 4.69) is 0 Å². The summed E-state index contributed by atoms with van der Waals surface area (Å²) in [6.45, 7) is 1.86. The van der Waals surface area contributed by atoms with Crippen molar-refractivity contribution in [2.75, 3.05) is 0 Å². The van der Waals surface area contributed by atoms with E-state index < -0.39 is 11.4 Å². The Kier molecular flexibility index (Phi) is 5.47. The first-order valence-corrected chi connectivity index (χ1v) is 3.88. The zero-order valence-electron chi connectivity index (χ0n) is 7.39. The second kappa shape index (κ2) is 4.97. The third-order valence-electron chi connectivity index (χ3n) is 2.47. The van der Waals surface area contributed by atoms with Crippen molar-refractivity contribution in [2.24, 2.45) is 5.41 Å². The van der Waals surface area contributed by atoms with Crippen LogP contribution in [0.5, 0.6) is 0 Å². The van der Waals surface area contributed by atoms with E-state index in [0.29, 0.717) is 0 Å². The predicted octanol–water partition coefficient (Wildman–Crippen LogP) is 1.66. The van der Waals surface area contributed by atoms with Gasteiger partial charge in [-0.15, -0.1) is 0 Å². The fourth-order valence-corrected chi connectivity index (χ4v) is 1.55. The first kappa shape index (κ1) is 12.1. The van der Waals surface area contributed by atoms with Crippen LogP contribution in [-0.4, -0.2) is 62.5 Å². The van der Waals surface area contributed by atoms with Crippen molar-refractivity contribution in [3.8, 4) is 0 Å². The molecule has 2 nitrogen and oxygen atoms in total. The molecule has 1 N–H and O–H groups in total. The van der Waals surface area contributed by atoms with Gasteiger partial charge in [0.25, 0.3) is 0 Å². The summed E-state index contributed by atoms with van der Waals surface area (Å²) < 4.78 is 0. The first-order chi connectivity index (χ1) is 4.65. The molecule has 0 unspecified atom stereocenters. The van der Waals surface area contributed by atoms with Crippen molar-refractivity contribution in [1.82, 2.24) is 0 Å². The fraction of sp³-hybridized carbons (Fsp3) is 0.875. The van der Waals surface area contributed by atoms with Crippen molar-refractivity contribution >= 4 is 57.4 Å². The summed E-state index contributed by atoms with van der Waals surface area (Å²) in [5.41, 5.74) is -0.405. The third kappa shape index (κ3) is 3.15. The molecule has 0 saturated heterocycles. The van der Waals surface area contributed by atoms with Crippen molar-refractivity contribution < 1.29 is 9.90 Å². The minimum atomic E-state index is -0.618. The van der Waals surface area contributed by atoms with Gasteiger partial charge in [0.05, 0.1) is 5.41 Å². The molecule has 1 fully saturated rings. The summed E-state index contributed by atoms with van der Waals surface area (Å²) >= 11 is 0. The predicted molar refractivity (Wildman–Crippen MR) is 44.6 cm³/mol. The van der Waals surface area contributed by atoms with E-state index in [1.165, 1.54) is 6.42 Å². The number of carboxylic acids is 1. The Balaban J connectivity index is 0.000001000. The molecule has 0 aromatic carbocycles. The third-order valence-corrected chi connectivity index (χ3v) is 2.47. The van der Waals surface area contributed by atoms with Gasteiger partial charge in [-0.25, -0.2) is 0 Å². The van der Waals surface area contributed by atoms with Crippen LogP contribution >= 0.6 is 0 Å². The molecule has 0 heterocycles. The summed E-state index contributed by atoms with van der Waals surface area (Å²) in [5.74, 6) is -0.618. The van der Waals surface area contributed by atoms with Crippen LogP contribution in [0.1, 0.15) is 39.0 Å². The summed E-state index contributed by atoms with van der Waals surface area (Å²) in [4.78, 5) is 10.7. The standard InChI is InChI=1S/C8H14O2.K/c1-8(7(9)10)5-3-2-4-6-8;/h2-6H2,1H3,(H,9,10);. The molecule has 0 spiro atoms. The van der Waals surface area contributed by atoms with Gasteiger partial charge in [0, 0.05) is 51.4 Å². The molecule has 1 aliphatic carbocycles. The number of carbonyl (C=O) groups is 1. The minimum absolute atomic E-state index is 0.